The summed E-state index contributed by atoms with van der Waals surface area (Å²) in [6, 6.07) is 8.34. The Bertz CT molecular complexity index is 340. The Morgan fingerprint density at radius 3 is 2.24 bits per heavy atom. The molecule has 0 bridgehead atoms. The van der Waals surface area contributed by atoms with Crippen molar-refractivity contribution in [2.45, 2.75) is 38.8 Å². The van der Waals surface area contributed by atoms with E-state index in [1.165, 1.54) is 0 Å². The summed E-state index contributed by atoms with van der Waals surface area (Å²) in [6.45, 7) is 6.31. The van der Waals surface area contributed by atoms with Gasteiger partial charge in [0.05, 0.1) is 5.60 Å². The predicted octanol–water partition coefficient (Wildman–Crippen LogP) is 2.30. The molecule has 1 aromatic carbocycles. The average molecular weight is 236 g/mol. The summed E-state index contributed by atoms with van der Waals surface area (Å²) < 4.78 is 0. The van der Waals surface area contributed by atoms with Crippen LogP contribution in [-0.2, 0) is 0 Å². The fraction of sp³-hybridized carbons (Fsp3) is 0.571. The van der Waals surface area contributed by atoms with Gasteiger partial charge in [-0.25, -0.2) is 0 Å². The van der Waals surface area contributed by atoms with Crippen LogP contribution in [0.25, 0.3) is 0 Å². The third-order valence-corrected chi connectivity index (χ3v) is 2.83. The monoisotopic (exact) mass is 236 g/mol. The maximum Gasteiger partial charge on any atom is 0.0765 e. The van der Waals surface area contributed by atoms with Crippen molar-refractivity contribution in [3.05, 3.63) is 29.8 Å². The lowest BCUT2D eigenvalue weighted by molar-refractivity contribution is 0.0886. The van der Waals surface area contributed by atoms with E-state index in [-0.39, 0.29) is 6.04 Å². The molecule has 96 valence electrons. The van der Waals surface area contributed by atoms with Crippen molar-refractivity contribution in [2.24, 2.45) is 5.73 Å². The lowest BCUT2D eigenvalue weighted by atomic mass is 10.0. The van der Waals surface area contributed by atoms with E-state index >= 15 is 0 Å². The second-order valence-corrected chi connectivity index (χ2v) is 5.27. The zero-order valence-corrected chi connectivity index (χ0v) is 11.3. The molecule has 3 N–H and O–H groups in total. The number of aliphatic hydroxyl groups is 1. The number of nitrogens with two attached hydrogens (primary N) is 1. The van der Waals surface area contributed by atoms with Crippen LogP contribution in [0.15, 0.2) is 24.3 Å². The van der Waals surface area contributed by atoms with E-state index in [0.29, 0.717) is 6.54 Å². The first-order valence-corrected chi connectivity index (χ1v) is 6.12. The lowest BCUT2D eigenvalue weighted by Crippen LogP contribution is -2.36. The van der Waals surface area contributed by atoms with Crippen LogP contribution in [0.5, 0.6) is 0 Å². The molecular weight excluding hydrogens is 212 g/mol. The molecule has 0 heterocycles. The van der Waals surface area contributed by atoms with Gasteiger partial charge in [0.1, 0.15) is 0 Å². The largest absolute Gasteiger partial charge is 0.389 e. The van der Waals surface area contributed by atoms with Crippen LogP contribution in [0.3, 0.4) is 0 Å². The predicted molar refractivity (Wildman–Crippen MR) is 73.2 cm³/mol. The zero-order chi connectivity index (χ0) is 13.1. The molecule has 0 aliphatic carbocycles. The van der Waals surface area contributed by atoms with Crippen molar-refractivity contribution >= 4 is 5.69 Å². The quantitative estimate of drug-likeness (QED) is 0.824. The molecule has 3 nitrogen and oxygen atoms in total. The Hall–Kier alpha value is -1.06. The fourth-order valence-corrected chi connectivity index (χ4v) is 1.88. The maximum atomic E-state index is 9.77. The van der Waals surface area contributed by atoms with E-state index in [4.69, 9.17) is 5.73 Å². The van der Waals surface area contributed by atoms with E-state index in [1.54, 1.807) is 0 Å². The standard InChI is InChI=1S/C14H24N2O/c1-5-13(15)11-6-8-12(9-7-11)16(4)10-14(2,3)17/h6-9,13,17H,5,10,15H2,1-4H3/t13-/m1/s1. The van der Waals surface area contributed by atoms with Gasteiger partial charge in [0.15, 0.2) is 0 Å². The molecule has 0 radical (unpaired) electrons. The SMILES string of the molecule is CC[C@@H](N)c1ccc(N(C)CC(C)(C)O)cc1. The lowest BCUT2D eigenvalue weighted by Gasteiger charge is -2.27. The Morgan fingerprint density at radius 1 is 1.29 bits per heavy atom. The third-order valence-electron chi connectivity index (χ3n) is 2.83. The number of hydrogen-bond donors (Lipinski definition) is 2. The van der Waals surface area contributed by atoms with E-state index in [0.717, 1.165) is 17.7 Å². The molecule has 0 unspecified atom stereocenters. The van der Waals surface area contributed by atoms with E-state index in [2.05, 4.69) is 31.2 Å². The van der Waals surface area contributed by atoms with E-state index < -0.39 is 5.60 Å². The van der Waals surface area contributed by atoms with Crippen LogP contribution >= 0.6 is 0 Å². The molecule has 0 amide bonds. The number of nitrogens with zero attached hydrogens (tertiary/aromatic N) is 1. The van der Waals surface area contributed by atoms with Gasteiger partial charge in [0.25, 0.3) is 0 Å². The summed E-state index contributed by atoms with van der Waals surface area (Å²) in [7, 11) is 1.98. The summed E-state index contributed by atoms with van der Waals surface area (Å²) in [4.78, 5) is 2.04. The number of rotatable bonds is 5. The van der Waals surface area contributed by atoms with Gasteiger partial charge in [-0.05, 0) is 38.0 Å². The van der Waals surface area contributed by atoms with Crippen molar-refractivity contribution in [3.8, 4) is 0 Å². The summed E-state index contributed by atoms with van der Waals surface area (Å²) in [6.07, 6.45) is 0.943. The second kappa shape index (κ2) is 5.52. The number of hydrogen-bond acceptors (Lipinski definition) is 3. The molecule has 1 atom stereocenters. The van der Waals surface area contributed by atoms with Gasteiger partial charge in [-0.15, -0.1) is 0 Å². The van der Waals surface area contributed by atoms with Gasteiger partial charge in [-0.2, -0.15) is 0 Å². The molecule has 1 aromatic rings. The first-order valence-electron chi connectivity index (χ1n) is 6.12. The summed E-state index contributed by atoms with van der Waals surface area (Å²) >= 11 is 0. The Kier molecular flexibility index (Phi) is 4.54. The van der Waals surface area contributed by atoms with Crippen LogP contribution in [0.2, 0.25) is 0 Å². The van der Waals surface area contributed by atoms with Crippen molar-refractivity contribution in [1.29, 1.82) is 0 Å². The van der Waals surface area contributed by atoms with Crippen molar-refractivity contribution in [1.82, 2.24) is 0 Å². The summed E-state index contributed by atoms with van der Waals surface area (Å²) in [5, 5.41) is 9.77. The molecule has 0 saturated heterocycles. The molecule has 0 saturated carbocycles. The molecular formula is C14H24N2O. The number of anilines is 1. The van der Waals surface area contributed by atoms with Crippen LogP contribution in [-0.4, -0.2) is 24.3 Å². The highest BCUT2D eigenvalue weighted by Crippen LogP contribution is 2.20. The minimum atomic E-state index is -0.687. The molecule has 1 rings (SSSR count). The Morgan fingerprint density at radius 2 is 1.82 bits per heavy atom. The highest BCUT2D eigenvalue weighted by Gasteiger charge is 2.16. The normalized spacial score (nSPS) is 13.5. The maximum absolute atomic E-state index is 9.77. The first kappa shape index (κ1) is 14.0. The Balaban J connectivity index is 2.74. The van der Waals surface area contributed by atoms with Crippen LogP contribution < -0.4 is 10.6 Å². The molecule has 0 aliphatic rings. The molecule has 0 aliphatic heterocycles. The van der Waals surface area contributed by atoms with Gasteiger partial charge < -0.3 is 15.7 Å². The number of benzene rings is 1. The topological polar surface area (TPSA) is 49.5 Å². The number of likely N-dealkylation sites (N-methyl/N-ethyl adjacent to an activating group) is 1. The molecule has 17 heavy (non-hydrogen) atoms. The highest BCUT2D eigenvalue weighted by atomic mass is 16.3. The molecule has 0 aromatic heterocycles. The van der Waals surface area contributed by atoms with Crippen molar-refractivity contribution < 1.29 is 5.11 Å². The minimum Gasteiger partial charge on any atom is -0.389 e. The molecule has 0 spiro atoms. The third kappa shape index (κ3) is 4.36. The van der Waals surface area contributed by atoms with E-state index in [9.17, 15) is 5.11 Å². The first-order chi connectivity index (χ1) is 7.83. The molecule has 0 fully saturated rings. The summed E-state index contributed by atoms with van der Waals surface area (Å²) in [5.74, 6) is 0. The van der Waals surface area contributed by atoms with Gasteiger partial charge in [0.2, 0.25) is 0 Å². The zero-order valence-electron chi connectivity index (χ0n) is 11.3. The smallest absolute Gasteiger partial charge is 0.0765 e. The van der Waals surface area contributed by atoms with Gasteiger partial charge in [-0.3, -0.25) is 0 Å². The minimum absolute atomic E-state index is 0.114. The van der Waals surface area contributed by atoms with E-state index in [1.807, 2.05) is 25.8 Å². The Labute approximate surface area is 104 Å². The molecule has 3 heteroatoms. The second-order valence-electron chi connectivity index (χ2n) is 5.27. The highest BCUT2D eigenvalue weighted by molar-refractivity contribution is 5.47. The van der Waals surface area contributed by atoms with Crippen LogP contribution in [0, 0.1) is 0 Å². The summed E-state index contributed by atoms with van der Waals surface area (Å²) in [5.41, 5.74) is 7.54. The fourth-order valence-electron chi connectivity index (χ4n) is 1.88. The average Bonchev–Trinajstić information content (AvgIpc) is 2.26. The van der Waals surface area contributed by atoms with Crippen LogP contribution in [0.4, 0.5) is 5.69 Å². The van der Waals surface area contributed by atoms with Gasteiger partial charge in [0, 0.05) is 25.3 Å². The van der Waals surface area contributed by atoms with Crippen molar-refractivity contribution in [2.75, 3.05) is 18.5 Å². The van der Waals surface area contributed by atoms with Crippen molar-refractivity contribution in [3.63, 3.8) is 0 Å². The van der Waals surface area contributed by atoms with Gasteiger partial charge >= 0.3 is 0 Å². The van der Waals surface area contributed by atoms with Gasteiger partial charge in [-0.1, -0.05) is 19.1 Å². The van der Waals surface area contributed by atoms with Crippen LogP contribution in [0.1, 0.15) is 38.8 Å².